The first-order chi connectivity index (χ1) is 16.7. The van der Waals surface area contributed by atoms with Gasteiger partial charge < -0.3 is 15.8 Å². The molecule has 0 saturated carbocycles. The lowest BCUT2D eigenvalue weighted by Crippen LogP contribution is -2.30. The molecule has 0 unspecified atom stereocenters. The topological polar surface area (TPSA) is 70.8 Å². The van der Waals surface area contributed by atoms with Crippen LogP contribution in [0.4, 0.5) is 5.69 Å². The average Bonchev–Trinajstić information content (AvgIpc) is 3.09. The van der Waals surface area contributed by atoms with Crippen LogP contribution in [0.2, 0.25) is 0 Å². The predicted molar refractivity (Wildman–Crippen MR) is 137 cm³/mol. The van der Waals surface area contributed by atoms with E-state index in [1.807, 2.05) is 36.4 Å². The minimum Gasteiger partial charge on any atom is -0.489 e. The monoisotopic (exact) mass is 458 g/mol. The standard InChI is InChI=1S/C28H34N4O2/c29-19-28(33)30-26-9-4-8-25(18-26)21-32-15-5-14-31(16-17-32)20-23-10-12-27(13-11-23)34-22-24-6-2-1-3-7-24/h1-4,6-13,18H,5,14-17,19-22,29H2,(H,30,33). The number of hydrogen-bond acceptors (Lipinski definition) is 5. The zero-order chi connectivity index (χ0) is 23.6. The van der Waals surface area contributed by atoms with Gasteiger partial charge in [0.05, 0.1) is 6.54 Å². The molecule has 3 N–H and O–H groups in total. The Kier molecular flexibility index (Phi) is 8.68. The molecule has 4 rings (SSSR count). The van der Waals surface area contributed by atoms with Gasteiger partial charge in [0.15, 0.2) is 0 Å². The molecule has 178 valence electrons. The Labute approximate surface area is 202 Å². The summed E-state index contributed by atoms with van der Waals surface area (Å²) in [6, 6.07) is 26.8. The number of ether oxygens (including phenoxy) is 1. The molecule has 0 aliphatic carbocycles. The second-order valence-corrected chi connectivity index (χ2v) is 8.78. The molecule has 1 saturated heterocycles. The van der Waals surface area contributed by atoms with E-state index in [1.54, 1.807) is 0 Å². The summed E-state index contributed by atoms with van der Waals surface area (Å²) in [5, 5.41) is 2.84. The van der Waals surface area contributed by atoms with Crippen molar-refractivity contribution in [2.75, 3.05) is 38.0 Å². The van der Waals surface area contributed by atoms with E-state index < -0.39 is 0 Å². The molecule has 1 fully saturated rings. The fourth-order valence-corrected chi connectivity index (χ4v) is 4.25. The van der Waals surface area contributed by atoms with Crippen molar-refractivity contribution in [3.8, 4) is 5.75 Å². The maximum atomic E-state index is 11.6. The van der Waals surface area contributed by atoms with Gasteiger partial charge in [-0.05, 0) is 60.5 Å². The Morgan fingerprint density at radius 2 is 1.47 bits per heavy atom. The van der Waals surface area contributed by atoms with Crippen molar-refractivity contribution in [3.63, 3.8) is 0 Å². The Balaban J connectivity index is 1.24. The normalized spacial score (nSPS) is 15.0. The van der Waals surface area contributed by atoms with E-state index in [9.17, 15) is 4.79 Å². The highest BCUT2D eigenvalue weighted by atomic mass is 16.5. The van der Waals surface area contributed by atoms with E-state index >= 15 is 0 Å². The van der Waals surface area contributed by atoms with Gasteiger partial charge in [0.1, 0.15) is 12.4 Å². The first kappa shape index (κ1) is 24.0. The smallest absolute Gasteiger partial charge is 0.238 e. The number of rotatable bonds is 9. The third kappa shape index (κ3) is 7.42. The molecule has 0 atom stereocenters. The number of benzene rings is 3. The van der Waals surface area contributed by atoms with Crippen LogP contribution in [0, 0.1) is 0 Å². The van der Waals surface area contributed by atoms with Crippen molar-refractivity contribution in [1.29, 1.82) is 0 Å². The number of nitrogens with one attached hydrogen (secondary N) is 1. The molecular formula is C28H34N4O2. The van der Waals surface area contributed by atoms with E-state index in [0.29, 0.717) is 6.61 Å². The van der Waals surface area contributed by atoms with E-state index in [4.69, 9.17) is 10.5 Å². The maximum Gasteiger partial charge on any atom is 0.238 e. The van der Waals surface area contributed by atoms with E-state index in [-0.39, 0.29) is 12.5 Å². The lowest BCUT2D eigenvalue weighted by Gasteiger charge is -2.22. The quantitative estimate of drug-likeness (QED) is 0.509. The van der Waals surface area contributed by atoms with E-state index in [0.717, 1.165) is 57.1 Å². The van der Waals surface area contributed by atoms with Crippen LogP contribution in [0.25, 0.3) is 0 Å². The van der Waals surface area contributed by atoms with Crippen molar-refractivity contribution in [1.82, 2.24) is 9.80 Å². The summed E-state index contributed by atoms with van der Waals surface area (Å²) >= 11 is 0. The van der Waals surface area contributed by atoms with E-state index in [1.165, 1.54) is 16.7 Å². The highest BCUT2D eigenvalue weighted by Gasteiger charge is 2.15. The number of amides is 1. The summed E-state index contributed by atoms with van der Waals surface area (Å²) < 4.78 is 5.91. The summed E-state index contributed by atoms with van der Waals surface area (Å²) in [6.07, 6.45) is 1.14. The summed E-state index contributed by atoms with van der Waals surface area (Å²) in [7, 11) is 0. The number of nitrogens with two attached hydrogens (primary N) is 1. The number of carbonyl (C=O) groups is 1. The van der Waals surface area contributed by atoms with Crippen LogP contribution in [0.5, 0.6) is 5.75 Å². The predicted octanol–water partition coefficient (Wildman–Crippen LogP) is 3.87. The Morgan fingerprint density at radius 1 is 0.794 bits per heavy atom. The van der Waals surface area contributed by atoms with Crippen LogP contribution in [-0.2, 0) is 24.5 Å². The third-order valence-electron chi connectivity index (χ3n) is 6.06. The van der Waals surface area contributed by atoms with Crippen LogP contribution in [0.15, 0.2) is 78.9 Å². The molecule has 1 aliphatic rings. The number of hydrogen-bond donors (Lipinski definition) is 2. The lowest BCUT2D eigenvalue weighted by atomic mass is 10.2. The van der Waals surface area contributed by atoms with Crippen LogP contribution < -0.4 is 15.8 Å². The fourth-order valence-electron chi connectivity index (χ4n) is 4.25. The Hall–Kier alpha value is -3.19. The summed E-state index contributed by atoms with van der Waals surface area (Å²) in [5.41, 5.74) is 9.90. The van der Waals surface area contributed by atoms with E-state index in [2.05, 4.69) is 57.6 Å². The van der Waals surface area contributed by atoms with Crippen molar-refractivity contribution in [3.05, 3.63) is 95.6 Å². The van der Waals surface area contributed by atoms with Gasteiger partial charge in [-0.25, -0.2) is 0 Å². The molecule has 34 heavy (non-hydrogen) atoms. The van der Waals surface area contributed by atoms with Gasteiger partial charge >= 0.3 is 0 Å². The van der Waals surface area contributed by atoms with Gasteiger partial charge in [-0.1, -0.05) is 54.6 Å². The molecule has 3 aromatic rings. The zero-order valence-corrected chi connectivity index (χ0v) is 19.7. The molecule has 1 aliphatic heterocycles. The molecule has 1 amide bonds. The van der Waals surface area contributed by atoms with Gasteiger partial charge in [-0.15, -0.1) is 0 Å². The molecule has 6 nitrogen and oxygen atoms in total. The minimum absolute atomic E-state index is 0.00434. The second kappa shape index (κ2) is 12.3. The molecule has 0 aromatic heterocycles. The molecular weight excluding hydrogens is 424 g/mol. The lowest BCUT2D eigenvalue weighted by molar-refractivity contribution is -0.114. The first-order valence-electron chi connectivity index (χ1n) is 12.0. The largest absolute Gasteiger partial charge is 0.489 e. The Morgan fingerprint density at radius 3 is 2.18 bits per heavy atom. The van der Waals surface area contributed by atoms with Gasteiger partial charge in [-0.3, -0.25) is 14.6 Å². The van der Waals surface area contributed by atoms with Gasteiger partial charge in [0.2, 0.25) is 5.91 Å². The number of carbonyl (C=O) groups excluding carboxylic acids is 1. The number of nitrogens with zero attached hydrogens (tertiary/aromatic N) is 2. The van der Waals surface area contributed by atoms with Crippen molar-refractivity contribution in [2.45, 2.75) is 26.1 Å². The molecule has 3 aromatic carbocycles. The van der Waals surface area contributed by atoms with Crippen molar-refractivity contribution >= 4 is 11.6 Å². The molecule has 0 radical (unpaired) electrons. The minimum atomic E-state index is -0.168. The molecule has 6 heteroatoms. The zero-order valence-electron chi connectivity index (χ0n) is 19.7. The SMILES string of the molecule is NCC(=O)Nc1cccc(CN2CCCN(Cc3ccc(OCc4ccccc4)cc3)CC2)c1. The summed E-state index contributed by atoms with van der Waals surface area (Å²) in [5.74, 6) is 0.734. The molecule has 0 bridgehead atoms. The maximum absolute atomic E-state index is 11.6. The van der Waals surface area contributed by atoms with Crippen LogP contribution in [0.3, 0.4) is 0 Å². The molecule has 0 spiro atoms. The van der Waals surface area contributed by atoms with Gasteiger partial charge in [0, 0.05) is 31.9 Å². The van der Waals surface area contributed by atoms with Gasteiger partial charge in [-0.2, -0.15) is 0 Å². The van der Waals surface area contributed by atoms with Crippen LogP contribution in [-0.4, -0.2) is 48.4 Å². The highest BCUT2D eigenvalue weighted by Crippen LogP contribution is 2.18. The van der Waals surface area contributed by atoms with Crippen LogP contribution >= 0.6 is 0 Å². The summed E-state index contributed by atoms with van der Waals surface area (Å²) in [4.78, 5) is 16.6. The average molecular weight is 459 g/mol. The molecule has 1 heterocycles. The highest BCUT2D eigenvalue weighted by molar-refractivity contribution is 5.92. The second-order valence-electron chi connectivity index (χ2n) is 8.78. The third-order valence-corrected chi connectivity index (χ3v) is 6.06. The van der Waals surface area contributed by atoms with Gasteiger partial charge in [0.25, 0.3) is 0 Å². The van der Waals surface area contributed by atoms with Crippen LogP contribution in [0.1, 0.15) is 23.1 Å². The van der Waals surface area contributed by atoms with Crippen molar-refractivity contribution in [2.24, 2.45) is 5.73 Å². The number of anilines is 1. The summed E-state index contributed by atoms with van der Waals surface area (Å²) in [6.45, 7) is 6.64. The van der Waals surface area contributed by atoms with Crippen molar-refractivity contribution < 1.29 is 9.53 Å². The Bertz CT molecular complexity index is 1040. The first-order valence-corrected chi connectivity index (χ1v) is 12.0. The fraction of sp³-hybridized carbons (Fsp3) is 0.321.